The van der Waals surface area contributed by atoms with Crippen LogP contribution in [0.5, 0.6) is 0 Å². The van der Waals surface area contributed by atoms with Gasteiger partial charge in [0.15, 0.2) is 0 Å². The smallest absolute Gasteiger partial charge is 0.0992 e. The molecule has 102 valence electrons. The first-order valence-corrected chi connectivity index (χ1v) is 7.58. The molecule has 0 fully saturated rings. The van der Waals surface area contributed by atoms with E-state index < -0.39 is 0 Å². The Morgan fingerprint density at radius 2 is 2.20 bits per heavy atom. The molecule has 1 atom stereocenters. The van der Waals surface area contributed by atoms with Gasteiger partial charge in [0.25, 0.3) is 0 Å². The highest BCUT2D eigenvalue weighted by atomic mass is 35.5. The van der Waals surface area contributed by atoms with E-state index in [4.69, 9.17) is 11.6 Å². The highest BCUT2D eigenvalue weighted by Gasteiger charge is 2.12. The molecule has 1 aromatic carbocycles. The van der Waals surface area contributed by atoms with Crippen LogP contribution >= 0.6 is 22.9 Å². The Kier molecular flexibility index (Phi) is 3.76. The van der Waals surface area contributed by atoms with Crippen LogP contribution in [-0.4, -0.2) is 9.55 Å². The van der Waals surface area contributed by atoms with E-state index >= 15 is 0 Å². The second-order valence-electron chi connectivity index (χ2n) is 4.49. The number of nitrogens with one attached hydrogen (secondary N) is 1. The molecule has 2 aromatic heterocycles. The van der Waals surface area contributed by atoms with Crippen LogP contribution in [0.3, 0.4) is 0 Å². The van der Waals surface area contributed by atoms with Crippen LogP contribution in [0.15, 0.2) is 54.4 Å². The summed E-state index contributed by atoms with van der Waals surface area (Å²) in [5, 5.41) is 6.31. The molecule has 0 saturated heterocycles. The molecule has 1 unspecified atom stereocenters. The van der Waals surface area contributed by atoms with Gasteiger partial charge in [-0.3, -0.25) is 0 Å². The Labute approximate surface area is 126 Å². The fraction of sp³-hybridized carbons (Fsp3) is 0.133. The first-order chi connectivity index (χ1) is 9.75. The molecule has 3 nitrogen and oxygen atoms in total. The minimum Gasteiger partial charge on any atom is -0.376 e. The van der Waals surface area contributed by atoms with Gasteiger partial charge in [-0.25, -0.2) is 4.98 Å². The normalized spacial score (nSPS) is 12.3. The zero-order chi connectivity index (χ0) is 13.9. The van der Waals surface area contributed by atoms with E-state index in [2.05, 4.69) is 34.7 Å². The lowest BCUT2D eigenvalue weighted by Gasteiger charge is -2.18. The standard InChI is InChI=1S/C15H14ClN3S/c1-11(14-6-3-9-20-14)18-13-5-2-4-12(16)15(13)19-8-7-17-10-19/h2-11,18H,1H3. The molecule has 1 N–H and O–H groups in total. The molecule has 3 rings (SSSR count). The molecule has 0 aliphatic rings. The average molecular weight is 304 g/mol. The summed E-state index contributed by atoms with van der Waals surface area (Å²) < 4.78 is 1.92. The van der Waals surface area contributed by atoms with Crippen LogP contribution in [-0.2, 0) is 0 Å². The number of anilines is 1. The number of aromatic nitrogens is 2. The van der Waals surface area contributed by atoms with Crippen molar-refractivity contribution in [1.29, 1.82) is 0 Å². The van der Waals surface area contributed by atoms with Crippen molar-refractivity contribution in [3.8, 4) is 5.69 Å². The zero-order valence-corrected chi connectivity index (χ0v) is 12.5. The molecule has 5 heteroatoms. The number of imidazole rings is 1. The summed E-state index contributed by atoms with van der Waals surface area (Å²) in [6.45, 7) is 2.14. The van der Waals surface area contributed by atoms with Crippen molar-refractivity contribution in [2.75, 3.05) is 5.32 Å². The van der Waals surface area contributed by atoms with E-state index in [1.165, 1.54) is 4.88 Å². The van der Waals surface area contributed by atoms with Gasteiger partial charge in [-0.2, -0.15) is 0 Å². The Morgan fingerprint density at radius 3 is 2.90 bits per heavy atom. The molecule has 0 amide bonds. The number of hydrogen-bond donors (Lipinski definition) is 1. The van der Waals surface area contributed by atoms with E-state index in [-0.39, 0.29) is 6.04 Å². The summed E-state index contributed by atoms with van der Waals surface area (Å²) >= 11 is 8.09. The minimum atomic E-state index is 0.232. The molecule has 0 radical (unpaired) electrons. The number of para-hydroxylation sites is 1. The largest absolute Gasteiger partial charge is 0.376 e. The van der Waals surface area contributed by atoms with Gasteiger partial charge in [0, 0.05) is 17.3 Å². The number of benzene rings is 1. The number of hydrogen-bond acceptors (Lipinski definition) is 3. The third-order valence-corrected chi connectivity index (χ3v) is 4.45. The summed E-state index contributed by atoms with van der Waals surface area (Å²) in [5.41, 5.74) is 1.92. The van der Waals surface area contributed by atoms with Crippen LogP contribution < -0.4 is 5.32 Å². The summed E-state index contributed by atoms with van der Waals surface area (Å²) in [6, 6.07) is 10.3. The third kappa shape index (κ3) is 2.57. The van der Waals surface area contributed by atoms with Gasteiger partial charge in [-0.05, 0) is 30.5 Å². The first kappa shape index (κ1) is 13.2. The number of halogens is 1. The Morgan fingerprint density at radius 1 is 1.30 bits per heavy atom. The molecule has 0 aliphatic heterocycles. The number of thiophene rings is 1. The molecule has 20 heavy (non-hydrogen) atoms. The molecule has 0 saturated carbocycles. The van der Waals surface area contributed by atoms with Gasteiger partial charge in [-0.1, -0.05) is 23.7 Å². The van der Waals surface area contributed by atoms with Crippen molar-refractivity contribution in [2.45, 2.75) is 13.0 Å². The van der Waals surface area contributed by atoms with Crippen molar-refractivity contribution in [2.24, 2.45) is 0 Å². The summed E-state index contributed by atoms with van der Waals surface area (Å²) in [4.78, 5) is 5.38. The minimum absolute atomic E-state index is 0.232. The van der Waals surface area contributed by atoms with Gasteiger partial charge < -0.3 is 9.88 Å². The van der Waals surface area contributed by atoms with Gasteiger partial charge in [0.05, 0.1) is 28.8 Å². The lowest BCUT2D eigenvalue weighted by atomic mass is 10.2. The van der Waals surface area contributed by atoms with Gasteiger partial charge >= 0.3 is 0 Å². The predicted octanol–water partition coefficient (Wildman–Crippen LogP) is 4.76. The topological polar surface area (TPSA) is 29.9 Å². The van der Waals surface area contributed by atoms with Crippen LogP contribution in [0, 0.1) is 0 Å². The molecule has 0 spiro atoms. The Bertz CT molecular complexity index is 677. The predicted molar refractivity (Wildman–Crippen MR) is 84.9 cm³/mol. The van der Waals surface area contributed by atoms with Crippen molar-refractivity contribution in [3.63, 3.8) is 0 Å². The zero-order valence-electron chi connectivity index (χ0n) is 11.0. The molecular weight excluding hydrogens is 290 g/mol. The van der Waals surface area contributed by atoms with E-state index in [1.807, 2.05) is 29.0 Å². The maximum absolute atomic E-state index is 6.34. The van der Waals surface area contributed by atoms with E-state index in [9.17, 15) is 0 Å². The molecule has 0 bridgehead atoms. The van der Waals surface area contributed by atoms with Crippen LogP contribution in [0.25, 0.3) is 5.69 Å². The number of nitrogens with zero attached hydrogens (tertiary/aromatic N) is 2. The Hall–Kier alpha value is -1.78. The second kappa shape index (κ2) is 5.69. The fourth-order valence-corrected chi connectivity index (χ4v) is 3.13. The van der Waals surface area contributed by atoms with Crippen molar-refractivity contribution >= 4 is 28.6 Å². The fourth-order valence-electron chi connectivity index (χ4n) is 2.13. The SMILES string of the molecule is CC(Nc1cccc(Cl)c1-n1ccnc1)c1cccs1. The third-order valence-electron chi connectivity index (χ3n) is 3.09. The van der Waals surface area contributed by atoms with Gasteiger partial charge in [-0.15, -0.1) is 11.3 Å². The molecule has 0 aliphatic carbocycles. The lowest BCUT2D eigenvalue weighted by molar-refractivity contribution is 0.901. The first-order valence-electron chi connectivity index (χ1n) is 6.32. The summed E-state index contributed by atoms with van der Waals surface area (Å²) in [5.74, 6) is 0. The van der Waals surface area contributed by atoms with Crippen molar-refractivity contribution < 1.29 is 0 Å². The molecule has 2 heterocycles. The van der Waals surface area contributed by atoms with E-state index in [1.54, 1.807) is 23.9 Å². The second-order valence-corrected chi connectivity index (χ2v) is 5.87. The molecule has 3 aromatic rings. The van der Waals surface area contributed by atoms with Crippen molar-refractivity contribution in [1.82, 2.24) is 9.55 Å². The van der Waals surface area contributed by atoms with Crippen molar-refractivity contribution in [3.05, 3.63) is 64.3 Å². The Balaban J connectivity index is 1.96. The number of rotatable bonds is 4. The van der Waals surface area contributed by atoms with Gasteiger partial charge in [0.2, 0.25) is 0 Å². The maximum atomic E-state index is 6.34. The monoisotopic (exact) mass is 303 g/mol. The quantitative estimate of drug-likeness (QED) is 0.753. The highest BCUT2D eigenvalue weighted by Crippen LogP contribution is 2.31. The van der Waals surface area contributed by atoms with E-state index in [0.29, 0.717) is 5.02 Å². The average Bonchev–Trinajstić information content (AvgIpc) is 3.12. The molecular formula is C15H14ClN3S. The van der Waals surface area contributed by atoms with Crippen LogP contribution in [0.2, 0.25) is 5.02 Å². The summed E-state index contributed by atoms with van der Waals surface area (Å²) in [6.07, 6.45) is 5.39. The van der Waals surface area contributed by atoms with Crippen LogP contribution in [0.1, 0.15) is 17.8 Å². The lowest BCUT2D eigenvalue weighted by Crippen LogP contribution is -2.08. The highest BCUT2D eigenvalue weighted by molar-refractivity contribution is 7.10. The van der Waals surface area contributed by atoms with E-state index in [0.717, 1.165) is 11.4 Å². The maximum Gasteiger partial charge on any atom is 0.0992 e. The van der Waals surface area contributed by atoms with Gasteiger partial charge in [0.1, 0.15) is 0 Å². The summed E-state index contributed by atoms with van der Waals surface area (Å²) in [7, 11) is 0. The van der Waals surface area contributed by atoms with Crippen LogP contribution in [0.4, 0.5) is 5.69 Å².